The zero-order valence-electron chi connectivity index (χ0n) is 12.8. The van der Waals surface area contributed by atoms with Gasteiger partial charge in [-0.2, -0.15) is 4.31 Å². The lowest BCUT2D eigenvalue weighted by molar-refractivity contribution is 0.196. The Morgan fingerprint density at radius 1 is 1.33 bits per heavy atom. The molecule has 1 aromatic heterocycles. The van der Waals surface area contributed by atoms with Gasteiger partial charge < -0.3 is 5.32 Å². The lowest BCUT2D eigenvalue weighted by Gasteiger charge is -2.35. The van der Waals surface area contributed by atoms with Crippen LogP contribution in [0.1, 0.15) is 44.4 Å². The Hall–Kier alpha value is -0.430. The highest BCUT2D eigenvalue weighted by molar-refractivity contribution is 7.89. The summed E-state index contributed by atoms with van der Waals surface area (Å²) in [5.41, 5.74) is 0.264. The van der Waals surface area contributed by atoms with Crippen LogP contribution in [-0.2, 0) is 16.6 Å². The molecular weight excluding hydrogens is 304 g/mol. The van der Waals surface area contributed by atoms with Crippen LogP contribution in [0.3, 0.4) is 0 Å². The Morgan fingerprint density at radius 2 is 2.00 bits per heavy atom. The highest BCUT2D eigenvalue weighted by Crippen LogP contribution is 2.33. The van der Waals surface area contributed by atoms with Gasteiger partial charge in [-0.05, 0) is 37.2 Å². The predicted octanol–water partition coefficient (Wildman–Crippen LogP) is 2.81. The molecule has 0 aromatic carbocycles. The maximum atomic E-state index is 12.7. The molecular formula is C15H24N2O2S2. The van der Waals surface area contributed by atoms with Crippen molar-refractivity contribution in [3.05, 3.63) is 16.3 Å². The number of rotatable bonds is 5. The molecule has 2 aliphatic rings. The Kier molecular flexibility index (Phi) is 4.16. The summed E-state index contributed by atoms with van der Waals surface area (Å²) in [5.74, 6) is 0. The first kappa shape index (κ1) is 15.5. The molecule has 0 radical (unpaired) electrons. The lowest BCUT2D eigenvalue weighted by Crippen LogP contribution is -2.40. The normalized spacial score (nSPS) is 23.3. The molecule has 3 rings (SSSR count). The van der Waals surface area contributed by atoms with E-state index in [1.807, 2.05) is 6.07 Å². The van der Waals surface area contributed by atoms with Crippen LogP contribution in [0.15, 0.2) is 16.3 Å². The average molecular weight is 329 g/mol. The molecule has 1 aliphatic carbocycles. The Labute approximate surface area is 131 Å². The Balaban J connectivity index is 1.66. The monoisotopic (exact) mass is 328 g/mol. The van der Waals surface area contributed by atoms with Crippen molar-refractivity contribution in [2.45, 2.75) is 57.0 Å². The molecule has 1 aliphatic heterocycles. The number of hydrogen-bond acceptors (Lipinski definition) is 4. The van der Waals surface area contributed by atoms with Crippen molar-refractivity contribution in [2.24, 2.45) is 5.41 Å². The first-order chi connectivity index (χ1) is 9.87. The molecule has 1 N–H and O–H groups in total. The van der Waals surface area contributed by atoms with Crippen molar-refractivity contribution in [3.8, 4) is 0 Å². The molecule has 118 valence electrons. The largest absolute Gasteiger partial charge is 0.309 e. The standard InChI is InChI=1S/C15H24N2O2S2/c1-15(2)5-7-17(8-6-15)21(18,19)14-9-13(20-11-14)10-16-12-3-4-12/h9,11-12,16H,3-8,10H2,1-2H3. The van der Waals surface area contributed by atoms with Gasteiger partial charge in [-0.3, -0.25) is 0 Å². The fraction of sp³-hybridized carbons (Fsp3) is 0.733. The van der Waals surface area contributed by atoms with Gasteiger partial charge in [-0.1, -0.05) is 13.8 Å². The lowest BCUT2D eigenvalue weighted by atomic mass is 9.83. The number of piperidine rings is 1. The maximum Gasteiger partial charge on any atom is 0.243 e. The highest BCUT2D eigenvalue weighted by atomic mass is 32.2. The van der Waals surface area contributed by atoms with Gasteiger partial charge in [-0.25, -0.2) is 8.42 Å². The van der Waals surface area contributed by atoms with Crippen LogP contribution in [0.2, 0.25) is 0 Å². The molecule has 1 saturated carbocycles. The van der Waals surface area contributed by atoms with E-state index in [9.17, 15) is 8.42 Å². The maximum absolute atomic E-state index is 12.7. The minimum Gasteiger partial charge on any atom is -0.309 e. The molecule has 1 aromatic rings. The van der Waals surface area contributed by atoms with E-state index in [-0.39, 0.29) is 5.41 Å². The highest BCUT2D eigenvalue weighted by Gasteiger charge is 2.33. The van der Waals surface area contributed by atoms with Crippen molar-refractivity contribution in [3.63, 3.8) is 0 Å². The molecule has 21 heavy (non-hydrogen) atoms. The van der Waals surface area contributed by atoms with Crippen LogP contribution in [0, 0.1) is 5.41 Å². The minimum absolute atomic E-state index is 0.264. The quantitative estimate of drug-likeness (QED) is 0.904. The Bertz CT molecular complexity index is 593. The number of nitrogens with zero attached hydrogens (tertiary/aromatic N) is 1. The summed E-state index contributed by atoms with van der Waals surface area (Å²) in [6.07, 6.45) is 4.37. The van der Waals surface area contributed by atoms with Gasteiger partial charge in [0.05, 0.1) is 4.90 Å². The average Bonchev–Trinajstić information content (AvgIpc) is 3.12. The first-order valence-corrected chi connectivity index (χ1v) is 10.00. The summed E-state index contributed by atoms with van der Waals surface area (Å²) in [6, 6.07) is 2.49. The summed E-state index contributed by atoms with van der Waals surface area (Å²) >= 11 is 1.54. The van der Waals surface area contributed by atoms with Gasteiger partial charge in [0, 0.05) is 35.9 Å². The van der Waals surface area contributed by atoms with E-state index >= 15 is 0 Å². The number of sulfonamides is 1. The first-order valence-electron chi connectivity index (χ1n) is 7.68. The number of thiophene rings is 1. The van der Waals surface area contributed by atoms with Crippen LogP contribution < -0.4 is 5.32 Å². The molecule has 6 heteroatoms. The molecule has 0 atom stereocenters. The van der Waals surface area contributed by atoms with Gasteiger partial charge in [0.1, 0.15) is 0 Å². The van der Waals surface area contributed by atoms with Crippen LogP contribution in [0.4, 0.5) is 0 Å². The van der Waals surface area contributed by atoms with E-state index < -0.39 is 10.0 Å². The van der Waals surface area contributed by atoms with Crippen LogP contribution in [0.5, 0.6) is 0 Å². The van der Waals surface area contributed by atoms with Gasteiger partial charge in [0.2, 0.25) is 10.0 Å². The van der Waals surface area contributed by atoms with E-state index in [4.69, 9.17) is 0 Å². The zero-order valence-corrected chi connectivity index (χ0v) is 14.4. The second-order valence-corrected chi connectivity index (χ2v) is 9.91. The fourth-order valence-corrected chi connectivity index (χ4v) is 5.26. The second-order valence-electron chi connectivity index (χ2n) is 6.97. The summed E-state index contributed by atoms with van der Waals surface area (Å²) in [5, 5.41) is 5.22. The van der Waals surface area contributed by atoms with Gasteiger partial charge in [-0.15, -0.1) is 11.3 Å². The van der Waals surface area contributed by atoms with E-state index in [1.165, 1.54) is 12.8 Å². The molecule has 1 saturated heterocycles. The van der Waals surface area contributed by atoms with Crippen LogP contribution >= 0.6 is 11.3 Å². The summed E-state index contributed by atoms with van der Waals surface area (Å²) in [6.45, 7) is 6.49. The van der Waals surface area contributed by atoms with E-state index in [2.05, 4.69) is 19.2 Å². The van der Waals surface area contributed by atoms with E-state index in [0.29, 0.717) is 24.0 Å². The van der Waals surface area contributed by atoms with Crippen LogP contribution in [-0.4, -0.2) is 31.9 Å². The molecule has 2 heterocycles. The van der Waals surface area contributed by atoms with E-state index in [0.717, 1.165) is 24.3 Å². The summed E-state index contributed by atoms with van der Waals surface area (Å²) < 4.78 is 27.0. The molecule has 0 bridgehead atoms. The fourth-order valence-electron chi connectivity index (χ4n) is 2.60. The van der Waals surface area contributed by atoms with Crippen molar-refractivity contribution in [1.82, 2.24) is 9.62 Å². The molecule has 4 nitrogen and oxygen atoms in total. The third kappa shape index (κ3) is 3.67. The Morgan fingerprint density at radius 3 is 2.62 bits per heavy atom. The molecule has 0 spiro atoms. The summed E-state index contributed by atoms with van der Waals surface area (Å²) in [7, 11) is -3.30. The molecule has 2 fully saturated rings. The second kappa shape index (κ2) is 5.65. The van der Waals surface area contributed by atoms with Gasteiger partial charge in [0.25, 0.3) is 0 Å². The zero-order chi connectivity index (χ0) is 15.1. The molecule has 0 unspecified atom stereocenters. The van der Waals surface area contributed by atoms with E-state index in [1.54, 1.807) is 21.0 Å². The third-order valence-corrected chi connectivity index (χ3v) is 7.45. The van der Waals surface area contributed by atoms with Crippen molar-refractivity contribution in [1.29, 1.82) is 0 Å². The number of hydrogen-bond donors (Lipinski definition) is 1. The third-order valence-electron chi connectivity index (χ3n) is 4.49. The van der Waals surface area contributed by atoms with Crippen molar-refractivity contribution in [2.75, 3.05) is 13.1 Å². The smallest absolute Gasteiger partial charge is 0.243 e. The van der Waals surface area contributed by atoms with Crippen molar-refractivity contribution >= 4 is 21.4 Å². The van der Waals surface area contributed by atoms with Gasteiger partial charge >= 0.3 is 0 Å². The minimum atomic E-state index is -3.30. The number of nitrogens with one attached hydrogen (secondary N) is 1. The summed E-state index contributed by atoms with van der Waals surface area (Å²) in [4.78, 5) is 1.58. The van der Waals surface area contributed by atoms with Gasteiger partial charge in [0.15, 0.2) is 0 Å². The molecule has 0 amide bonds. The van der Waals surface area contributed by atoms with Crippen LogP contribution in [0.25, 0.3) is 0 Å². The topological polar surface area (TPSA) is 49.4 Å². The predicted molar refractivity (Wildman–Crippen MR) is 86.0 cm³/mol. The SMILES string of the molecule is CC1(C)CCN(S(=O)(=O)c2csc(CNC3CC3)c2)CC1. The van der Waals surface area contributed by atoms with Crippen molar-refractivity contribution < 1.29 is 8.42 Å².